The molecule has 0 radical (unpaired) electrons. The van der Waals surface area contributed by atoms with Crippen molar-refractivity contribution < 1.29 is 27.5 Å². The quantitative estimate of drug-likeness (QED) is 0.861. The molecule has 0 bridgehead atoms. The summed E-state index contributed by atoms with van der Waals surface area (Å²) < 4.78 is 39.7. The second-order valence-corrected chi connectivity index (χ2v) is 4.26. The van der Waals surface area contributed by atoms with Crippen molar-refractivity contribution in [1.29, 1.82) is 0 Å². The van der Waals surface area contributed by atoms with Crippen LogP contribution in [-0.4, -0.2) is 36.2 Å². The molecule has 2 amide bonds. The van der Waals surface area contributed by atoms with Crippen molar-refractivity contribution in [3.63, 3.8) is 0 Å². The van der Waals surface area contributed by atoms with Crippen LogP contribution in [0.1, 0.15) is 6.42 Å². The molecule has 1 N–H and O–H groups in total. The Morgan fingerprint density at radius 2 is 1.85 bits per heavy atom. The Kier molecular flexibility index (Phi) is 3.56. The molecule has 2 rings (SSSR count). The van der Waals surface area contributed by atoms with Crippen molar-refractivity contribution in [2.45, 2.75) is 18.8 Å². The molecule has 108 valence electrons. The third-order valence-corrected chi connectivity index (χ3v) is 2.81. The number of rotatable bonds is 3. The number of likely N-dealkylation sites (tertiary alicyclic amines) is 1. The SMILES string of the molecule is CN1C(=O)CC(Nc2ccc(OC(F)(F)F)cc2)C1=O. The van der Waals surface area contributed by atoms with Gasteiger partial charge in [0.05, 0.1) is 6.42 Å². The minimum Gasteiger partial charge on any atom is -0.406 e. The number of carbonyl (C=O) groups is 2. The molecule has 1 aliphatic heterocycles. The average Bonchev–Trinajstić information content (AvgIpc) is 2.58. The van der Waals surface area contributed by atoms with Crippen LogP contribution in [0, 0.1) is 0 Å². The molecule has 1 aliphatic rings. The monoisotopic (exact) mass is 288 g/mol. The molecule has 20 heavy (non-hydrogen) atoms. The van der Waals surface area contributed by atoms with Gasteiger partial charge in [0, 0.05) is 12.7 Å². The predicted octanol–water partition coefficient (Wildman–Crippen LogP) is 1.75. The lowest BCUT2D eigenvalue weighted by Gasteiger charge is -2.13. The maximum Gasteiger partial charge on any atom is 0.573 e. The molecule has 0 aliphatic carbocycles. The molecular formula is C12H11F3N2O3. The van der Waals surface area contributed by atoms with Crippen LogP contribution < -0.4 is 10.1 Å². The van der Waals surface area contributed by atoms with Gasteiger partial charge in [-0.2, -0.15) is 0 Å². The fourth-order valence-corrected chi connectivity index (χ4v) is 1.82. The van der Waals surface area contributed by atoms with E-state index in [9.17, 15) is 22.8 Å². The number of anilines is 1. The summed E-state index contributed by atoms with van der Waals surface area (Å²) in [5.41, 5.74) is 0.431. The average molecular weight is 288 g/mol. The largest absolute Gasteiger partial charge is 0.573 e. The maximum atomic E-state index is 12.0. The third kappa shape index (κ3) is 3.19. The summed E-state index contributed by atoms with van der Waals surface area (Å²) in [6, 6.07) is 4.25. The summed E-state index contributed by atoms with van der Waals surface area (Å²) in [6.07, 6.45) is -4.72. The molecular weight excluding hydrogens is 277 g/mol. The Balaban J connectivity index is 2.01. The molecule has 1 fully saturated rings. The van der Waals surface area contributed by atoms with E-state index in [4.69, 9.17) is 0 Å². The summed E-state index contributed by atoms with van der Waals surface area (Å²) in [5, 5.41) is 2.79. The van der Waals surface area contributed by atoms with Crippen molar-refractivity contribution in [2.24, 2.45) is 0 Å². The topological polar surface area (TPSA) is 58.6 Å². The lowest BCUT2D eigenvalue weighted by molar-refractivity contribution is -0.274. The molecule has 1 unspecified atom stereocenters. The van der Waals surface area contributed by atoms with Crippen molar-refractivity contribution in [3.05, 3.63) is 24.3 Å². The van der Waals surface area contributed by atoms with Gasteiger partial charge in [0.25, 0.3) is 5.91 Å². The molecule has 1 atom stereocenters. The van der Waals surface area contributed by atoms with Gasteiger partial charge in [0.2, 0.25) is 5.91 Å². The highest BCUT2D eigenvalue weighted by atomic mass is 19.4. The van der Waals surface area contributed by atoms with Crippen LogP contribution in [0.3, 0.4) is 0 Å². The number of carbonyl (C=O) groups excluding carboxylic acids is 2. The van der Waals surface area contributed by atoms with Crippen molar-refractivity contribution in [1.82, 2.24) is 4.90 Å². The molecule has 1 aromatic rings. The zero-order valence-electron chi connectivity index (χ0n) is 10.4. The summed E-state index contributed by atoms with van der Waals surface area (Å²) in [6.45, 7) is 0. The highest BCUT2D eigenvalue weighted by molar-refractivity contribution is 6.06. The smallest absolute Gasteiger partial charge is 0.406 e. The van der Waals surface area contributed by atoms with Crippen LogP contribution >= 0.6 is 0 Å². The summed E-state index contributed by atoms with van der Waals surface area (Å²) in [7, 11) is 1.38. The van der Waals surface area contributed by atoms with Gasteiger partial charge in [0.1, 0.15) is 11.8 Å². The van der Waals surface area contributed by atoms with Gasteiger partial charge in [-0.15, -0.1) is 13.2 Å². The molecule has 0 spiro atoms. The van der Waals surface area contributed by atoms with Crippen LogP contribution in [-0.2, 0) is 9.59 Å². The van der Waals surface area contributed by atoms with Crippen LogP contribution in [0.4, 0.5) is 18.9 Å². The maximum absolute atomic E-state index is 12.0. The standard InChI is InChI=1S/C12H11F3N2O3/c1-17-10(18)6-9(11(17)19)16-7-2-4-8(5-3-7)20-12(13,14)15/h2-5,9,16H,6H2,1H3. The van der Waals surface area contributed by atoms with Crippen LogP contribution in [0.15, 0.2) is 24.3 Å². The Morgan fingerprint density at radius 1 is 1.25 bits per heavy atom. The molecule has 0 saturated carbocycles. The summed E-state index contributed by atoms with van der Waals surface area (Å²) in [5.74, 6) is -1.02. The first-order valence-corrected chi connectivity index (χ1v) is 5.69. The second kappa shape index (κ2) is 5.03. The van der Waals surface area contributed by atoms with Gasteiger partial charge in [0.15, 0.2) is 0 Å². The van der Waals surface area contributed by atoms with Crippen molar-refractivity contribution in [2.75, 3.05) is 12.4 Å². The Morgan fingerprint density at radius 3 is 2.30 bits per heavy atom. The van der Waals surface area contributed by atoms with Crippen LogP contribution in [0.5, 0.6) is 5.75 Å². The molecule has 1 heterocycles. The number of hydrogen-bond acceptors (Lipinski definition) is 4. The van der Waals surface area contributed by atoms with E-state index in [1.54, 1.807) is 0 Å². The van der Waals surface area contributed by atoms with Crippen LogP contribution in [0.2, 0.25) is 0 Å². The van der Waals surface area contributed by atoms with Gasteiger partial charge >= 0.3 is 6.36 Å². The van der Waals surface area contributed by atoms with Gasteiger partial charge in [-0.1, -0.05) is 0 Å². The fourth-order valence-electron chi connectivity index (χ4n) is 1.82. The van der Waals surface area contributed by atoms with E-state index in [-0.39, 0.29) is 24.0 Å². The number of hydrogen-bond donors (Lipinski definition) is 1. The number of likely N-dealkylation sites (N-methyl/N-ethyl adjacent to an activating group) is 1. The molecule has 1 saturated heterocycles. The van der Waals surface area contributed by atoms with E-state index < -0.39 is 12.4 Å². The first-order chi connectivity index (χ1) is 9.26. The minimum atomic E-state index is -4.74. The zero-order valence-corrected chi connectivity index (χ0v) is 10.4. The number of benzene rings is 1. The number of nitrogens with zero attached hydrogens (tertiary/aromatic N) is 1. The fraction of sp³-hybridized carbons (Fsp3) is 0.333. The second-order valence-electron chi connectivity index (χ2n) is 4.26. The Labute approximate surface area is 112 Å². The highest BCUT2D eigenvalue weighted by Crippen LogP contribution is 2.25. The zero-order chi connectivity index (χ0) is 14.9. The number of alkyl halides is 3. The number of ether oxygens (including phenoxy) is 1. The molecule has 1 aromatic carbocycles. The highest BCUT2D eigenvalue weighted by Gasteiger charge is 2.36. The first-order valence-electron chi connectivity index (χ1n) is 5.69. The Bertz CT molecular complexity index is 528. The van der Waals surface area contributed by atoms with Crippen LogP contribution in [0.25, 0.3) is 0 Å². The van der Waals surface area contributed by atoms with E-state index in [0.29, 0.717) is 5.69 Å². The normalized spacial score (nSPS) is 19.4. The molecule has 8 heteroatoms. The van der Waals surface area contributed by atoms with E-state index in [1.165, 1.54) is 19.2 Å². The van der Waals surface area contributed by atoms with Crippen molar-refractivity contribution in [3.8, 4) is 5.75 Å². The lowest BCUT2D eigenvalue weighted by Crippen LogP contribution is -2.31. The number of amides is 2. The lowest BCUT2D eigenvalue weighted by atomic mass is 10.2. The van der Waals surface area contributed by atoms with E-state index in [0.717, 1.165) is 17.0 Å². The Hall–Kier alpha value is -2.25. The van der Waals surface area contributed by atoms with E-state index in [2.05, 4.69) is 10.1 Å². The van der Waals surface area contributed by atoms with E-state index >= 15 is 0 Å². The number of halogens is 3. The number of imide groups is 1. The van der Waals surface area contributed by atoms with Crippen molar-refractivity contribution >= 4 is 17.5 Å². The first kappa shape index (κ1) is 14.2. The minimum absolute atomic E-state index is 0.0239. The van der Waals surface area contributed by atoms with E-state index in [1.807, 2.05) is 0 Å². The molecule has 5 nitrogen and oxygen atoms in total. The molecule has 0 aromatic heterocycles. The third-order valence-electron chi connectivity index (χ3n) is 2.81. The van der Waals surface area contributed by atoms with Gasteiger partial charge in [-0.25, -0.2) is 0 Å². The van der Waals surface area contributed by atoms with Gasteiger partial charge in [-0.05, 0) is 24.3 Å². The number of nitrogens with one attached hydrogen (secondary N) is 1. The van der Waals surface area contributed by atoms with Gasteiger partial charge < -0.3 is 10.1 Å². The summed E-state index contributed by atoms with van der Waals surface area (Å²) in [4.78, 5) is 24.0. The summed E-state index contributed by atoms with van der Waals surface area (Å²) >= 11 is 0. The predicted molar refractivity (Wildman–Crippen MR) is 62.9 cm³/mol. The van der Waals surface area contributed by atoms with Gasteiger partial charge in [-0.3, -0.25) is 14.5 Å².